The van der Waals surface area contributed by atoms with Gasteiger partial charge in [0.05, 0.1) is 13.0 Å². The topological polar surface area (TPSA) is 72.9 Å². The first-order valence-electron chi connectivity index (χ1n) is 7.40. The van der Waals surface area contributed by atoms with Crippen molar-refractivity contribution < 1.29 is 14.7 Å². The Hall–Kier alpha value is -1.14. The second kappa shape index (κ2) is 11.7. The van der Waals surface area contributed by atoms with Crippen molar-refractivity contribution >= 4 is 11.9 Å². The summed E-state index contributed by atoms with van der Waals surface area (Å²) in [5.41, 5.74) is 0. The fourth-order valence-electron chi connectivity index (χ4n) is 2.02. The number of nitrogens with one attached hydrogen (secondary N) is 1. The lowest BCUT2D eigenvalue weighted by Gasteiger charge is -2.22. The third-order valence-electron chi connectivity index (χ3n) is 3.38. The summed E-state index contributed by atoms with van der Waals surface area (Å²) in [7, 11) is 1.60. The van der Waals surface area contributed by atoms with Crippen molar-refractivity contribution in [1.82, 2.24) is 15.1 Å². The molecule has 0 aromatic heterocycles. The van der Waals surface area contributed by atoms with E-state index in [1.165, 1.54) is 0 Å². The highest BCUT2D eigenvalue weighted by Crippen LogP contribution is 2.00. The van der Waals surface area contributed by atoms with Crippen molar-refractivity contribution in [3.05, 3.63) is 0 Å². The molecule has 0 atom stereocenters. The molecule has 0 bridgehead atoms. The number of unbranched alkanes of at least 4 members (excludes halogenated alkanes) is 1. The Balaban J connectivity index is 4.01. The van der Waals surface area contributed by atoms with Gasteiger partial charge in [0.1, 0.15) is 0 Å². The molecule has 2 N–H and O–H groups in total. The van der Waals surface area contributed by atoms with E-state index in [4.69, 9.17) is 5.11 Å². The number of amides is 1. The summed E-state index contributed by atoms with van der Waals surface area (Å²) in [5.74, 6) is -0.894. The summed E-state index contributed by atoms with van der Waals surface area (Å²) < 4.78 is 0. The number of aliphatic carboxylic acids is 1. The Morgan fingerprint density at radius 3 is 2.00 bits per heavy atom. The fourth-order valence-corrected chi connectivity index (χ4v) is 2.02. The van der Waals surface area contributed by atoms with E-state index >= 15 is 0 Å². The number of rotatable bonds is 12. The molecule has 118 valence electrons. The maximum absolute atomic E-state index is 11.4. The summed E-state index contributed by atoms with van der Waals surface area (Å²) in [6.45, 7) is 8.92. The molecule has 0 saturated carbocycles. The van der Waals surface area contributed by atoms with E-state index in [0.29, 0.717) is 6.54 Å². The third kappa shape index (κ3) is 9.75. The van der Waals surface area contributed by atoms with E-state index in [9.17, 15) is 9.59 Å². The maximum atomic E-state index is 11.4. The van der Waals surface area contributed by atoms with E-state index < -0.39 is 5.97 Å². The van der Waals surface area contributed by atoms with Crippen molar-refractivity contribution in [2.45, 2.75) is 33.1 Å². The molecule has 20 heavy (non-hydrogen) atoms. The number of likely N-dealkylation sites (N-methyl/N-ethyl adjacent to an activating group) is 1. The maximum Gasteiger partial charge on any atom is 0.304 e. The molecular weight excluding hydrogens is 258 g/mol. The second-order valence-electron chi connectivity index (χ2n) is 4.83. The van der Waals surface area contributed by atoms with Crippen LogP contribution < -0.4 is 5.32 Å². The predicted molar refractivity (Wildman–Crippen MR) is 79.8 cm³/mol. The van der Waals surface area contributed by atoms with Gasteiger partial charge in [-0.3, -0.25) is 14.5 Å². The Kier molecular flexibility index (Phi) is 11.0. The first kappa shape index (κ1) is 18.9. The quantitative estimate of drug-likeness (QED) is 0.515. The Labute approximate surface area is 122 Å². The molecule has 0 radical (unpaired) electrons. The van der Waals surface area contributed by atoms with Gasteiger partial charge in [0.2, 0.25) is 5.91 Å². The van der Waals surface area contributed by atoms with E-state index in [1.807, 2.05) is 4.90 Å². The zero-order chi connectivity index (χ0) is 15.4. The van der Waals surface area contributed by atoms with Crippen molar-refractivity contribution in [2.75, 3.05) is 46.3 Å². The van der Waals surface area contributed by atoms with Crippen LogP contribution in [0.3, 0.4) is 0 Å². The van der Waals surface area contributed by atoms with E-state index in [-0.39, 0.29) is 18.9 Å². The molecule has 1 amide bonds. The van der Waals surface area contributed by atoms with Crippen LogP contribution in [0.25, 0.3) is 0 Å². The number of carbonyl (C=O) groups is 2. The molecule has 0 aromatic rings. The Bertz CT molecular complexity index is 281. The minimum absolute atomic E-state index is 0.0702. The van der Waals surface area contributed by atoms with Gasteiger partial charge >= 0.3 is 5.97 Å². The first-order chi connectivity index (χ1) is 9.53. The number of hydrogen-bond donors (Lipinski definition) is 2. The zero-order valence-corrected chi connectivity index (χ0v) is 13.0. The summed E-state index contributed by atoms with van der Waals surface area (Å²) >= 11 is 0. The summed E-state index contributed by atoms with van der Waals surface area (Å²) in [5, 5.41) is 11.3. The minimum atomic E-state index is -0.824. The first-order valence-corrected chi connectivity index (χ1v) is 7.40. The average molecular weight is 287 g/mol. The van der Waals surface area contributed by atoms with Crippen LogP contribution in [0.4, 0.5) is 0 Å². The van der Waals surface area contributed by atoms with Crippen LogP contribution in [0.1, 0.15) is 33.1 Å². The van der Waals surface area contributed by atoms with Gasteiger partial charge in [-0.15, -0.1) is 0 Å². The van der Waals surface area contributed by atoms with E-state index in [0.717, 1.165) is 39.0 Å². The summed E-state index contributed by atoms with van der Waals surface area (Å²) in [6.07, 6.45) is 2.12. The normalized spacial score (nSPS) is 11.1. The van der Waals surface area contributed by atoms with Crippen molar-refractivity contribution in [2.24, 2.45) is 0 Å². The van der Waals surface area contributed by atoms with Gasteiger partial charge in [-0.2, -0.15) is 0 Å². The smallest absolute Gasteiger partial charge is 0.304 e. The van der Waals surface area contributed by atoms with Crippen LogP contribution in [0, 0.1) is 0 Å². The molecule has 0 aliphatic carbocycles. The molecular formula is C14H29N3O3. The molecule has 0 unspecified atom stereocenters. The third-order valence-corrected chi connectivity index (χ3v) is 3.38. The molecule has 0 heterocycles. The molecule has 0 aliphatic rings. The van der Waals surface area contributed by atoms with Crippen molar-refractivity contribution in [1.29, 1.82) is 0 Å². The molecule has 6 heteroatoms. The van der Waals surface area contributed by atoms with Gasteiger partial charge < -0.3 is 15.3 Å². The number of carboxylic acids is 1. The van der Waals surface area contributed by atoms with Crippen LogP contribution in [0.15, 0.2) is 0 Å². The summed E-state index contributed by atoms with van der Waals surface area (Å²) in [4.78, 5) is 26.3. The molecule has 0 aromatic carbocycles. The number of hydrogen-bond acceptors (Lipinski definition) is 4. The lowest BCUT2D eigenvalue weighted by Crippen LogP contribution is -2.37. The number of nitrogens with zero attached hydrogens (tertiary/aromatic N) is 2. The largest absolute Gasteiger partial charge is 0.481 e. The van der Waals surface area contributed by atoms with Gasteiger partial charge in [-0.25, -0.2) is 0 Å². The number of carboxylic acid groups (broad SMARTS) is 1. The second-order valence-corrected chi connectivity index (χ2v) is 4.83. The van der Waals surface area contributed by atoms with Gasteiger partial charge in [0.25, 0.3) is 0 Å². The minimum Gasteiger partial charge on any atom is -0.481 e. The highest BCUT2D eigenvalue weighted by atomic mass is 16.4. The monoisotopic (exact) mass is 287 g/mol. The lowest BCUT2D eigenvalue weighted by atomic mass is 10.2. The highest BCUT2D eigenvalue weighted by molar-refractivity contribution is 5.77. The molecule has 0 saturated heterocycles. The van der Waals surface area contributed by atoms with E-state index in [2.05, 4.69) is 24.1 Å². The zero-order valence-electron chi connectivity index (χ0n) is 13.0. The van der Waals surface area contributed by atoms with Crippen LogP contribution in [-0.4, -0.2) is 73.1 Å². The van der Waals surface area contributed by atoms with Crippen LogP contribution in [0.2, 0.25) is 0 Å². The van der Waals surface area contributed by atoms with Crippen LogP contribution in [0.5, 0.6) is 0 Å². The van der Waals surface area contributed by atoms with Crippen molar-refractivity contribution in [3.63, 3.8) is 0 Å². The SMILES string of the molecule is CCN(CC)CCCCN(CCC(=O)O)CC(=O)NC. The van der Waals surface area contributed by atoms with Gasteiger partial charge in [0, 0.05) is 13.6 Å². The van der Waals surface area contributed by atoms with Crippen molar-refractivity contribution in [3.8, 4) is 0 Å². The molecule has 0 fully saturated rings. The number of carbonyl (C=O) groups excluding carboxylic acids is 1. The predicted octanol–water partition coefficient (Wildman–Crippen LogP) is 0.631. The molecule has 0 spiro atoms. The standard InChI is InChI=1S/C14H29N3O3/c1-4-16(5-2)9-6-7-10-17(11-8-14(19)20)12-13(18)15-3/h4-12H2,1-3H3,(H,15,18)(H,19,20). The van der Waals surface area contributed by atoms with Gasteiger partial charge in [-0.1, -0.05) is 13.8 Å². The molecule has 0 rings (SSSR count). The van der Waals surface area contributed by atoms with Gasteiger partial charge in [-0.05, 0) is 39.0 Å². The molecule has 0 aliphatic heterocycles. The summed E-state index contributed by atoms with van der Waals surface area (Å²) in [6, 6.07) is 0. The van der Waals surface area contributed by atoms with Crippen LogP contribution in [-0.2, 0) is 9.59 Å². The Morgan fingerprint density at radius 2 is 1.55 bits per heavy atom. The average Bonchev–Trinajstić information content (AvgIpc) is 2.44. The fraction of sp³-hybridized carbons (Fsp3) is 0.857. The highest BCUT2D eigenvalue weighted by Gasteiger charge is 2.11. The van der Waals surface area contributed by atoms with Gasteiger partial charge in [0.15, 0.2) is 0 Å². The molecule has 6 nitrogen and oxygen atoms in total. The van der Waals surface area contributed by atoms with E-state index in [1.54, 1.807) is 7.05 Å². The van der Waals surface area contributed by atoms with Crippen LogP contribution >= 0.6 is 0 Å². The Morgan fingerprint density at radius 1 is 1.00 bits per heavy atom. The lowest BCUT2D eigenvalue weighted by molar-refractivity contribution is -0.137.